The van der Waals surface area contributed by atoms with Crippen LogP contribution in [-0.4, -0.2) is 11.9 Å². The van der Waals surface area contributed by atoms with Gasteiger partial charge in [-0.15, -0.1) is 0 Å². The van der Waals surface area contributed by atoms with E-state index in [-0.39, 0.29) is 17.3 Å². The minimum absolute atomic E-state index is 0.250. The van der Waals surface area contributed by atoms with Crippen molar-refractivity contribution in [2.45, 2.75) is 33.1 Å². The summed E-state index contributed by atoms with van der Waals surface area (Å²) in [6, 6.07) is 16.5. The fourth-order valence-electron chi connectivity index (χ4n) is 2.80. The average Bonchev–Trinajstić information content (AvgIpc) is 2.58. The summed E-state index contributed by atoms with van der Waals surface area (Å²) in [6.07, 6.45) is 2.65. The Morgan fingerprint density at radius 1 is 0.880 bits per heavy atom. The molecule has 0 aliphatic rings. The fourth-order valence-corrected chi connectivity index (χ4v) is 3.33. The Bertz CT molecular complexity index is 668. The number of hydrogen-bond acceptors (Lipinski definition) is 3. The van der Waals surface area contributed by atoms with E-state index in [0.29, 0.717) is 0 Å². The molecule has 0 spiro atoms. The van der Waals surface area contributed by atoms with Crippen molar-refractivity contribution >= 4 is 43.8 Å². The number of Topliss-reactive ketones (excluding diaryl/α,β-unsaturated/α-hetero) is 1. The van der Waals surface area contributed by atoms with Gasteiger partial charge in [0.1, 0.15) is 5.78 Å². The second-order valence-corrected chi connectivity index (χ2v) is 7.71. The molecular weight excluding hydrogens is 448 g/mol. The lowest BCUT2D eigenvalue weighted by Crippen LogP contribution is -2.33. The van der Waals surface area contributed by atoms with E-state index < -0.39 is 0 Å². The lowest BCUT2D eigenvalue weighted by atomic mass is 9.72. The van der Waals surface area contributed by atoms with Gasteiger partial charge in [0, 0.05) is 14.4 Å². The molecule has 2 rings (SSSR count). The maximum Gasteiger partial charge on any atom is 0.373 e. The van der Waals surface area contributed by atoms with E-state index >= 15 is 0 Å². The van der Waals surface area contributed by atoms with Crippen LogP contribution in [0.15, 0.2) is 57.5 Å². The topological polar surface area (TPSA) is 51.2 Å². The predicted octanol–water partition coefficient (Wildman–Crippen LogP) is 5.40. The number of ketones is 1. The molecule has 0 saturated heterocycles. The summed E-state index contributed by atoms with van der Waals surface area (Å²) in [5.74, 6) is 0.265. The van der Waals surface area contributed by atoms with Gasteiger partial charge >= 0.3 is 6.15 Å². The first-order valence-electron chi connectivity index (χ1n) is 7.86. The molecule has 3 nitrogen and oxygen atoms in total. The zero-order chi connectivity index (χ0) is 18.9. The molecule has 5 heteroatoms. The molecule has 2 aromatic rings. The first kappa shape index (κ1) is 21.5. The highest BCUT2D eigenvalue weighted by atomic mass is 79.9. The molecule has 0 N–H and O–H groups in total. The van der Waals surface area contributed by atoms with Crippen LogP contribution in [0.4, 0.5) is 0 Å². The third-order valence-corrected chi connectivity index (χ3v) is 5.39. The van der Waals surface area contributed by atoms with Gasteiger partial charge in [0.25, 0.3) is 0 Å². The molecule has 0 saturated carbocycles. The van der Waals surface area contributed by atoms with Crippen LogP contribution in [0.2, 0.25) is 0 Å². The smallest absolute Gasteiger partial charge is 0.299 e. The minimum Gasteiger partial charge on any atom is -0.299 e. The summed E-state index contributed by atoms with van der Waals surface area (Å²) >= 11 is 6.92. The lowest BCUT2D eigenvalue weighted by Gasteiger charge is -2.30. The van der Waals surface area contributed by atoms with Crippen molar-refractivity contribution in [2.24, 2.45) is 5.41 Å². The minimum atomic E-state index is -0.332. The molecule has 132 valence electrons. The highest BCUT2D eigenvalue weighted by Gasteiger charge is 2.33. The second kappa shape index (κ2) is 10.4. The highest BCUT2D eigenvalue weighted by Crippen LogP contribution is 2.33. The molecule has 0 unspecified atom stereocenters. The second-order valence-electron chi connectivity index (χ2n) is 5.88. The van der Waals surface area contributed by atoms with E-state index in [1.54, 1.807) is 6.92 Å². The zero-order valence-corrected chi connectivity index (χ0v) is 17.4. The summed E-state index contributed by atoms with van der Waals surface area (Å²) in [4.78, 5) is 28.7. The summed E-state index contributed by atoms with van der Waals surface area (Å²) in [5.41, 5.74) is 2.08. The normalized spacial score (nSPS) is 10.4. The summed E-state index contributed by atoms with van der Waals surface area (Å²) in [7, 11) is 0. The third kappa shape index (κ3) is 6.69. The number of hydrogen-bond donors (Lipinski definition) is 0. The van der Waals surface area contributed by atoms with Gasteiger partial charge in [-0.05, 0) is 61.6 Å². The summed E-state index contributed by atoms with van der Waals surface area (Å²) < 4.78 is 2.13. The maximum atomic E-state index is 12.4. The highest BCUT2D eigenvalue weighted by molar-refractivity contribution is 9.10. The van der Waals surface area contributed by atoms with Crippen LogP contribution in [0.5, 0.6) is 0 Å². The zero-order valence-electron chi connectivity index (χ0n) is 14.2. The standard InChI is InChI=1S/C19H20Br2O.CO2/c1-3-19(14(2)22,12-15-4-8-17(20)9-5-15)13-16-6-10-18(21)11-7-16;2-1-3/h4-11H,3,12-13H2,1-2H3;. The molecule has 0 aromatic heterocycles. The monoisotopic (exact) mass is 466 g/mol. The molecule has 0 amide bonds. The van der Waals surface area contributed by atoms with E-state index in [2.05, 4.69) is 63.0 Å². The summed E-state index contributed by atoms with van der Waals surface area (Å²) in [6.45, 7) is 3.83. The van der Waals surface area contributed by atoms with Crippen LogP contribution in [0.25, 0.3) is 0 Å². The van der Waals surface area contributed by atoms with Crippen molar-refractivity contribution in [2.75, 3.05) is 0 Å². The van der Waals surface area contributed by atoms with Crippen molar-refractivity contribution in [3.63, 3.8) is 0 Å². The average molecular weight is 468 g/mol. The fraction of sp³-hybridized carbons (Fsp3) is 0.300. The van der Waals surface area contributed by atoms with Gasteiger partial charge in [0.05, 0.1) is 0 Å². The molecule has 0 heterocycles. The molecular formula is C20H20Br2O3. The number of halogens is 2. The molecule has 0 fully saturated rings. The maximum absolute atomic E-state index is 12.4. The number of rotatable bonds is 6. The van der Waals surface area contributed by atoms with E-state index in [4.69, 9.17) is 9.59 Å². The van der Waals surface area contributed by atoms with Crippen LogP contribution < -0.4 is 0 Å². The quantitative estimate of drug-likeness (QED) is 0.571. The molecule has 25 heavy (non-hydrogen) atoms. The van der Waals surface area contributed by atoms with E-state index in [0.717, 1.165) is 28.2 Å². The van der Waals surface area contributed by atoms with Gasteiger partial charge in [-0.3, -0.25) is 4.79 Å². The van der Waals surface area contributed by atoms with Gasteiger partial charge in [0.2, 0.25) is 0 Å². The van der Waals surface area contributed by atoms with Crippen molar-refractivity contribution in [3.05, 3.63) is 68.6 Å². The van der Waals surface area contributed by atoms with Crippen molar-refractivity contribution < 1.29 is 14.4 Å². The molecule has 0 radical (unpaired) electrons. The van der Waals surface area contributed by atoms with E-state index in [1.807, 2.05) is 24.3 Å². The Morgan fingerprint density at radius 2 is 1.20 bits per heavy atom. The Labute approximate surface area is 165 Å². The number of carbonyl (C=O) groups excluding carboxylic acids is 3. The molecule has 0 aliphatic heterocycles. The van der Waals surface area contributed by atoms with Gasteiger partial charge in [-0.2, -0.15) is 9.59 Å². The van der Waals surface area contributed by atoms with Gasteiger partial charge < -0.3 is 0 Å². The number of benzene rings is 2. The van der Waals surface area contributed by atoms with Crippen LogP contribution in [0.3, 0.4) is 0 Å². The Kier molecular flexibility index (Phi) is 8.98. The molecule has 0 bridgehead atoms. The van der Waals surface area contributed by atoms with Crippen LogP contribution in [0, 0.1) is 5.41 Å². The SMILES string of the molecule is CCC(Cc1ccc(Br)cc1)(Cc1ccc(Br)cc1)C(C)=O.O=C=O. The van der Waals surface area contributed by atoms with Gasteiger partial charge in [0.15, 0.2) is 0 Å². The lowest BCUT2D eigenvalue weighted by molar-refractivity contribution is -0.191. The predicted molar refractivity (Wildman–Crippen MR) is 104 cm³/mol. The third-order valence-electron chi connectivity index (χ3n) is 4.34. The summed E-state index contributed by atoms with van der Waals surface area (Å²) in [5, 5.41) is 0. The van der Waals surface area contributed by atoms with E-state index in [1.165, 1.54) is 11.1 Å². The van der Waals surface area contributed by atoms with Gasteiger partial charge in [-0.25, -0.2) is 0 Å². The van der Waals surface area contributed by atoms with Gasteiger partial charge in [-0.1, -0.05) is 63.0 Å². The first-order chi connectivity index (χ1) is 11.9. The van der Waals surface area contributed by atoms with Crippen molar-refractivity contribution in [3.8, 4) is 0 Å². The first-order valence-corrected chi connectivity index (χ1v) is 9.44. The Morgan fingerprint density at radius 3 is 1.44 bits per heavy atom. The van der Waals surface area contributed by atoms with Crippen LogP contribution in [0.1, 0.15) is 31.4 Å². The Hall–Kier alpha value is -1.55. The van der Waals surface area contributed by atoms with Crippen molar-refractivity contribution in [1.82, 2.24) is 0 Å². The van der Waals surface area contributed by atoms with E-state index in [9.17, 15) is 4.79 Å². The molecule has 0 atom stereocenters. The molecule has 2 aromatic carbocycles. The Balaban J connectivity index is 0.000000970. The molecule has 0 aliphatic carbocycles. The largest absolute Gasteiger partial charge is 0.373 e. The van der Waals surface area contributed by atoms with Crippen LogP contribution >= 0.6 is 31.9 Å². The van der Waals surface area contributed by atoms with Crippen LogP contribution in [-0.2, 0) is 27.2 Å². The van der Waals surface area contributed by atoms with Crippen molar-refractivity contribution in [1.29, 1.82) is 0 Å². The number of carbonyl (C=O) groups is 1.